The maximum Gasteiger partial charge on any atom is 0.338 e. The first-order chi connectivity index (χ1) is 12.2. The molecule has 1 amide bonds. The number of rotatable bonds is 6. The summed E-state index contributed by atoms with van der Waals surface area (Å²) in [5.41, 5.74) is 2.04. The zero-order valence-corrected chi connectivity index (χ0v) is 13.9. The zero-order chi connectivity index (χ0) is 17.6. The molecule has 130 valence electrons. The Morgan fingerprint density at radius 2 is 2.00 bits per heavy atom. The highest BCUT2D eigenvalue weighted by atomic mass is 16.5. The minimum absolute atomic E-state index is 0.0280. The molecule has 6 heteroatoms. The molecule has 0 atom stereocenters. The first-order valence-electron chi connectivity index (χ1n) is 8.11. The molecule has 25 heavy (non-hydrogen) atoms. The Bertz CT molecular complexity index is 770. The van der Waals surface area contributed by atoms with Crippen molar-refractivity contribution in [1.82, 2.24) is 0 Å². The second kappa shape index (κ2) is 7.70. The van der Waals surface area contributed by atoms with Crippen LogP contribution in [0.25, 0.3) is 0 Å². The van der Waals surface area contributed by atoms with Gasteiger partial charge in [0.25, 0.3) is 5.91 Å². The summed E-state index contributed by atoms with van der Waals surface area (Å²) >= 11 is 0. The Kier molecular flexibility index (Phi) is 5.18. The number of carbonyl (C=O) groups is 2. The molecule has 1 N–H and O–H groups in total. The van der Waals surface area contributed by atoms with Crippen LogP contribution in [-0.4, -0.2) is 25.1 Å². The predicted molar refractivity (Wildman–Crippen MR) is 91.9 cm³/mol. The molecular formula is C19H19NO5. The largest absolute Gasteiger partial charge is 0.489 e. The van der Waals surface area contributed by atoms with Gasteiger partial charge in [0.2, 0.25) is 0 Å². The topological polar surface area (TPSA) is 73.9 Å². The van der Waals surface area contributed by atoms with E-state index >= 15 is 0 Å². The molecule has 2 aromatic carbocycles. The molecule has 0 fully saturated rings. The number of esters is 1. The van der Waals surface area contributed by atoms with Gasteiger partial charge in [0.05, 0.1) is 17.9 Å². The van der Waals surface area contributed by atoms with E-state index in [1.54, 1.807) is 30.3 Å². The number of hydrogen-bond acceptors (Lipinski definition) is 5. The monoisotopic (exact) mass is 341 g/mol. The molecule has 0 spiro atoms. The van der Waals surface area contributed by atoms with Crippen LogP contribution in [0.15, 0.2) is 42.5 Å². The second-order valence-electron chi connectivity index (χ2n) is 5.62. The molecule has 6 nitrogen and oxygen atoms in total. The zero-order valence-electron chi connectivity index (χ0n) is 13.9. The van der Waals surface area contributed by atoms with E-state index in [4.69, 9.17) is 14.2 Å². The van der Waals surface area contributed by atoms with Crippen LogP contribution in [-0.2, 0) is 16.1 Å². The lowest BCUT2D eigenvalue weighted by Crippen LogP contribution is -2.25. The van der Waals surface area contributed by atoms with Gasteiger partial charge in [-0.3, -0.25) is 4.79 Å². The summed E-state index contributed by atoms with van der Waals surface area (Å²) in [5, 5.41) is 2.74. The fraction of sp³-hybridized carbons (Fsp3) is 0.263. The van der Waals surface area contributed by atoms with E-state index < -0.39 is 0 Å². The van der Waals surface area contributed by atoms with Crippen molar-refractivity contribution < 1.29 is 23.8 Å². The molecule has 0 radical (unpaired) electrons. The fourth-order valence-corrected chi connectivity index (χ4v) is 2.33. The lowest BCUT2D eigenvalue weighted by atomic mass is 10.1. The summed E-state index contributed by atoms with van der Waals surface area (Å²) < 4.78 is 16.1. The second-order valence-corrected chi connectivity index (χ2v) is 5.62. The van der Waals surface area contributed by atoms with E-state index in [1.807, 2.05) is 19.1 Å². The molecule has 1 aliphatic rings. The highest BCUT2D eigenvalue weighted by Gasteiger charge is 2.16. The maximum absolute atomic E-state index is 11.8. The van der Waals surface area contributed by atoms with Crippen LogP contribution in [0.3, 0.4) is 0 Å². The minimum atomic E-state index is -0.320. The van der Waals surface area contributed by atoms with Gasteiger partial charge in [0.15, 0.2) is 6.61 Å². The first-order valence-corrected chi connectivity index (χ1v) is 8.11. The number of fused-ring (bicyclic) bond motifs is 1. The standard InChI is InChI=1S/C19H19NO5/c1-2-9-23-19(22)14-5-3-13(4-6-14)11-24-15-7-8-17-16(10-15)20-18(21)12-25-17/h3-8,10H,2,9,11-12H2,1H3,(H,20,21). The molecule has 1 heterocycles. The Balaban J connectivity index is 1.59. The third-order valence-corrected chi connectivity index (χ3v) is 3.62. The van der Waals surface area contributed by atoms with Crippen molar-refractivity contribution >= 4 is 17.6 Å². The third kappa shape index (κ3) is 4.29. The van der Waals surface area contributed by atoms with Gasteiger partial charge < -0.3 is 19.5 Å². The number of anilines is 1. The fourth-order valence-electron chi connectivity index (χ4n) is 2.33. The van der Waals surface area contributed by atoms with E-state index in [9.17, 15) is 9.59 Å². The van der Waals surface area contributed by atoms with Gasteiger partial charge in [-0.2, -0.15) is 0 Å². The smallest absolute Gasteiger partial charge is 0.338 e. The van der Waals surface area contributed by atoms with Crippen LogP contribution in [0.5, 0.6) is 11.5 Å². The van der Waals surface area contributed by atoms with Gasteiger partial charge in [-0.25, -0.2) is 4.79 Å². The van der Waals surface area contributed by atoms with Crippen LogP contribution < -0.4 is 14.8 Å². The number of ether oxygens (including phenoxy) is 3. The van der Waals surface area contributed by atoms with Crippen molar-refractivity contribution in [3.8, 4) is 11.5 Å². The Labute approximate surface area is 145 Å². The summed E-state index contributed by atoms with van der Waals surface area (Å²) in [6, 6.07) is 12.4. The van der Waals surface area contributed by atoms with E-state index in [1.165, 1.54) is 0 Å². The highest BCUT2D eigenvalue weighted by molar-refractivity contribution is 5.95. The lowest BCUT2D eigenvalue weighted by Gasteiger charge is -2.18. The number of amides is 1. The van der Waals surface area contributed by atoms with E-state index in [0.717, 1.165) is 12.0 Å². The summed E-state index contributed by atoms with van der Waals surface area (Å²) in [6.45, 7) is 2.74. The molecule has 0 unspecified atom stereocenters. The first kappa shape index (κ1) is 16.8. The van der Waals surface area contributed by atoms with Crippen molar-refractivity contribution in [2.75, 3.05) is 18.5 Å². The normalized spacial score (nSPS) is 12.6. The van der Waals surface area contributed by atoms with Crippen molar-refractivity contribution in [3.05, 3.63) is 53.6 Å². The molecule has 3 rings (SSSR count). The Morgan fingerprint density at radius 3 is 2.76 bits per heavy atom. The number of benzene rings is 2. The molecule has 1 aliphatic heterocycles. The van der Waals surface area contributed by atoms with Crippen molar-refractivity contribution in [1.29, 1.82) is 0 Å². The van der Waals surface area contributed by atoms with Crippen LogP contribution in [0, 0.1) is 0 Å². The molecule has 0 aromatic heterocycles. The maximum atomic E-state index is 11.8. The van der Waals surface area contributed by atoms with Crippen molar-refractivity contribution in [2.45, 2.75) is 20.0 Å². The van der Waals surface area contributed by atoms with Crippen LogP contribution in [0.2, 0.25) is 0 Å². The number of nitrogens with one attached hydrogen (secondary N) is 1. The third-order valence-electron chi connectivity index (χ3n) is 3.62. The molecule has 0 aliphatic carbocycles. The van der Waals surface area contributed by atoms with E-state index in [-0.39, 0.29) is 18.5 Å². The van der Waals surface area contributed by atoms with Crippen LogP contribution in [0.4, 0.5) is 5.69 Å². The average Bonchev–Trinajstić information content (AvgIpc) is 2.64. The van der Waals surface area contributed by atoms with Gasteiger partial charge in [0.1, 0.15) is 18.1 Å². The molecule has 0 saturated carbocycles. The molecular weight excluding hydrogens is 322 g/mol. The Hall–Kier alpha value is -3.02. The van der Waals surface area contributed by atoms with Crippen LogP contribution in [0.1, 0.15) is 29.3 Å². The number of carbonyl (C=O) groups excluding carboxylic acids is 2. The van der Waals surface area contributed by atoms with Crippen molar-refractivity contribution in [3.63, 3.8) is 0 Å². The average molecular weight is 341 g/mol. The summed E-state index contributed by atoms with van der Waals surface area (Å²) in [4.78, 5) is 23.1. The SMILES string of the molecule is CCCOC(=O)c1ccc(COc2ccc3c(c2)NC(=O)CO3)cc1. The lowest BCUT2D eigenvalue weighted by molar-refractivity contribution is -0.118. The number of hydrogen-bond donors (Lipinski definition) is 1. The summed E-state index contributed by atoms with van der Waals surface area (Å²) in [5.74, 6) is 0.743. The predicted octanol–water partition coefficient (Wildman–Crippen LogP) is 3.16. The van der Waals surface area contributed by atoms with Gasteiger partial charge in [-0.15, -0.1) is 0 Å². The van der Waals surface area contributed by atoms with Gasteiger partial charge >= 0.3 is 5.97 Å². The molecule has 0 saturated heterocycles. The van der Waals surface area contributed by atoms with E-state index in [0.29, 0.717) is 36.0 Å². The van der Waals surface area contributed by atoms with Gasteiger partial charge in [-0.1, -0.05) is 19.1 Å². The van der Waals surface area contributed by atoms with Crippen molar-refractivity contribution in [2.24, 2.45) is 0 Å². The summed E-state index contributed by atoms with van der Waals surface area (Å²) in [6.07, 6.45) is 0.796. The minimum Gasteiger partial charge on any atom is -0.489 e. The Morgan fingerprint density at radius 1 is 1.20 bits per heavy atom. The highest BCUT2D eigenvalue weighted by Crippen LogP contribution is 2.31. The van der Waals surface area contributed by atoms with Gasteiger partial charge in [0, 0.05) is 6.07 Å². The van der Waals surface area contributed by atoms with Crippen LogP contribution >= 0.6 is 0 Å². The van der Waals surface area contributed by atoms with Gasteiger partial charge in [-0.05, 0) is 36.2 Å². The van der Waals surface area contributed by atoms with E-state index in [2.05, 4.69) is 5.32 Å². The quantitative estimate of drug-likeness (QED) is 0.817. The molecule has 2 aromatic rings. The molecule has 0 bridgehead atoms. The summed E-state index contributed by atoms with van der Waals surface area (Å²) in [7, 11) is 0.